The Bertz CT molecular complexity index is 751. The zero-order valence-corrected chi connectivity index (χ0v) is 18.2. The molecule has 28 heavy (non-hydrogen) atoms. The number of unbranched alkanes of at least 4 members (excludes halogenated alkanes) is 1. The summed E-state index contributed by atoms with van der Waals surface area (Å²) in [5.41, 5.74) is 1.84. The molecule has 0 unspecified atom stereocenters. The minimum Gasteiger partial charge on any atom is -0.356 e. The largest absolute Gasteiger partial charge is 0.356 e. The average Bonchev–Trinajstić information content (AvgIpc) is 3.24. The molecule has 5 nitrogen and oxygen atoms in total. The lowest BCUT2D eigenvalue weighted by atomic mass is 9.91. The van der Waals surface area contributed by atoms with Crippen LogP contribution in [0.1, 0.15) is 54.4 Å². The Kier molecular flexibility index (Phi) is 8.51. The molecule has 0 aliphatic rings. The monoisotopic (exact) mass is 400 g/mol. The van der Waals surface area contributed by atoms with Crippen molar-refractivity contribution in [3.05, 3.63) is 57.8 Å². The summed E-state index contributed by atoms with van der Waals surface area (Å²) in [5, 5.41) is 11.8. The van der Waals surface area contributed by atoms with Gasteiger partial charge < -0.3 is 16.0 Å². The molecule has 0 saturated heterocycles. The normalized spacial score (nSPS) is 11.9. The molecule has 0 spiro atoms. The predicted molar refractivity (Wildman–Crippen MR) is 119 cm³/mol. The maximum absolute atomic E-state index is 12.1. The number of guanidine groups is 1. The Hall–Kier alpha value is -2.34. The third-order valence-electron chi connectivity index (χ3n) is 4.60. The number of amides is 1. The molecule has 1 heterocycles. The van der Waals surface area contributed by atoms with Gasteiger partial charge in [0.05, 0.1) is 0 Å². The Morgan fingerprint density at radius 2 is 1.86 bits per heavy atom. The zero-order valence-electron chi connectivity index (χ0n) is 17.3. The molecule has 0 aliphatic carbocycles. The van der Waals surface area contributed by atoms with Crippen molar-refractivity contribution in [3.63, 3.8) is 0 Å². The van der Waals surface area contributed by atoms with Gasteiger partial charge in [-0.25, -0.2) is 0 Å². The zero-order chi connectivity index (χ0) is 20.4. The van der Waals surface area contributed by atoms with Crippen LogP contribution in [-0.4, -0.2) is 32.0 Å². The molecule has 2 aromatic rings. The van der Waals surface area contributed by atoms with Crippen LogP contribution in [0, 0.1) is 0 Å². The average molecular weight is 401 g/mol. The molecule has 0 fully saturated rings. The molecule has 1 aromatic heterocycles. The standard InChI is InChI=1S/C22H32N4OS/c1-5-6-13-24-20(27)18-11-9-17(10-12-18)15-25-21(23-4)26-16-22(2,3)19-8-7-14-28-19/h7-12,14H,5-6,13,15-16H2,1-4H3,(H,24,27)(H2,23,25,26). The molecule has 0 atom stereocenters. The van der Waals surface area contributed by atoms with E-state index in [4.69, 9.17) is 0 Å². The highest BCUT2D eigenvalue weighted by Crippen LogP contribution is 2.26. The van der Waals surface area contributed by atoms with Crippen LogP contribution < -0.4 is 16.0 Å². The van der Waals surface area contributed by atoms with Gasteiger partial charge in [0.1, 0.15) is 0 Å². The summed E-state index contributed by atoms with van der Waals surface area (Å²) >= 11 is 1.78. The van der Waals surface area contributed by atoms with Gasteiger partial charge >= 0.3 is 0 Å². The first-order valence-corrected chi connectivity index (χ1v) is 10.7. The molecular formula is C22H32N4OS. The molecule has 0 saturated carbocycles. The van der Waals surface area contributed by atoms with Gasteiger partial charge in [-0.2, -0.15) is 0 Å². The van der Waals surface area contributed by atoms with E-state index in [0.717, 1.165) is 37.5 Å². The van der Waals surface area contributed by atoms with Crippen molar-refractivity contribution < 1.29 is 4.79 Å². The molecule has 0 radical (unpaired) electrons. The highest BCUT2D eigenvalue weighted by Gasteiger charge is 2.21. The third-order valence-corrected chi connectivity index (χ3v) is 5.84. The number of aliphatic imine (C=N–C) groups is 1. The van der Waals surface area contributed by atoms with Crippen molar-refractivity contribution in [1.82, 2.24) is 16.0 Å². The highest BCUT2D eigenvalue weighted by molar-refractivity contribution is 7.10. The first kappa shape index (κ1) is 22.0. The smallest absolute Gasteiger partial charge is 0.251 e. The van der Waals surface area contributed by atoms with E-state index in [1.165, 1.54) is 4.88 Å². The lowest BCUT2D eigenvalue weighted by Gasteiger charge is -2.25. The van der Waals surface area contributed by atoms with Gasteiger partial charge in [0.2, 0.25) is 0 Å². The minimum atomic E-state index is -0.0127. The predicted octanol–water partition coefficient (Wildman–Crippen LogP) is 3.92. The summed E-state index contributed by atoms with van der Waals surface area (Å²) in [6.45, 7) is 8.73. The fraction of sp³-hybridized carbons (Fsp3) is 0.455. The van der Waals surface area contributed by atoms with Crippen molar-refractivity contribution >= 4 is 23.2 Å². The summed E-state index contributed by atoms with van der Waals surface area (Å²) < 4.78 is 0. The van der Waals surface area contributed by atoms with Crippen LogP contribution >= 0.6 is 11.3 Å². The SMILES string of the molecule is CCCCNC(=O)c1ccc(CNC(=NC)NCC(C)(C)c2cccs2)cc1. The van der Waals surface area contributed by atoms with E-state index in [1.54, 1.807) is 18.4 Å². The first-order chi connectivity index (χ1) is 13.5. The molecule has 0 aliphatic heterocycles. The van der Waals surface area contributed by atoms with Crippen molar-refractivity contribution in [2.24, 2.45) is 4.99 Å². The molecule has 6 heteroatoms. The van der Waals surface area contributed by atoms with Crippen LogP contribution in [-0.2, 0) is 12.0 Å². The number of thiophene rings is 1. The summed E-state index contributed by atoms with van der Waals surface area (Å²) in [6.07, 6.45) is 2.08. The number of carbonyl (C=O) groups excluding carboxylic acids is 1. The lowest BCUT2D eigenvalue weighted by Crippen LogP contribution is -2.42. The second-order valence-corrected chi connectivity index (χ2v) is 8.39. The van der Waals surface area contributed by atoms with Gasteiger partial charge in [-0.15, -0.1) is 11.3 Å². The lowest BCUT2D eigenvalue weighted by molar-refractivity contribution is 0.0953. The van der Waals surface area contributed by atoms with Crippen LogP contribution in [0.25, 0.3) is 0 Å². The van der Waals surface area contributed by atoms with E-state index in [2.05, 4.69) is 59.2 Å². The van der Waals surface area contributed by atoms with E-state index in [1.807, 2.05) is 24.3 Å². The quantitative estimate of drug-likeness (QED) is 0.340. The second kappa shape index (κ2) is 10.9. The highest BCUT2D eigenvalue weighted by atomic mass is 32.1. The molecule has 1 aromatic carbocycles. The van der Waals surface area contributed by atoms with E-state index in [-0.39, 0.29) is 11.3 Å². The van der Waals surface area contributed by atoms with Crippen LogP contribution in [0.2, 0.25) is 0 Å². The van der Waals surface area contributed by atoms with Gasteiger partial charge in [0.15, 0.2) is 5.96 Å². The van der Waals surface area contributed by atoms with Crippen molar-refractivity contribution in [1.29, 1.82) is 0 Å². The maximum atomic E-state index is 12.1. The van der Waals surface area contributed by atoms with E-state index < -0.39 is 0 Å². The minimum absolute atomic E-state index is 0.0127. The van der Waals surface area contributed by atoms with Crippen LogP contribution in [0.3, 0.4) is 0 Å². The summed E-state index contributed by atoms with van der Waals surface area (Å²) in [5.74, 6) is 0.757. The number of nitrogens with zero attached hydrogens (tertiary/aromatic N) is 1. The topological polar surface area (TPSA) is 65.5 Å². The summed E-state index contributed by atoms with van der Waals surface area (Å²) in [4.78, 5) is 17.7. The molecule has 0 bridgehead atoms. The molecule has 152 valence electrons. The van der Waals surface area contributed by atoms with Crippen molar-refractivity contribution in [3.8, 4) is 0 Å². The van der Waals surface area contributed by atoms with E-state index in [9.17, 15) is 4.79 Å². The maximum Gasteiger partial charge on any atom is 0.251 e. The van der Waals surface area contributed by atoms with Crippen LogP contribution in [0.5, 0.6) is 0 Å². The van der Waals surface area contributed by atoms with Crippen LogP contribution in [0.15, 0.2) is 46.8 Å². The number of hydrogen-bond donors (Lipinski definition) is 3. The van der Waals surface area contributed by atoms with Gasteiger partial charge in [-0.1, -0.05) is 45.4 Å². The van der Waals surface area contributed by atoms with Gasteiger partial charge in [-0.3, -0.25) is 9.79 Å². The summed E-state index contributed by atoms with van der Waals surface area (Å²) in [7, 11) is 1.78. The first-order valence-electron chi connectivity index (χ1n) is 9.82. The molecule has 1 amide bonds. The van der Waals surface area contributed by atoms with Crippen molar-refractivity contribution in [2.45, 2.75) is 45.6 Å². The molecule has 3 N–H and O–H groups in total. The Morgan fingerprint density at radius 3 is 2.46 bits per heavy atom. The van der Waals surface area contributed by atoms with Crippen molar-refractivity contribution in [2.75, 3.05) is 20.1 Å². The Labute approximate surface area is 172 Å². The van der Waals surface area contributed by atoms with Gasteiger partial charge in [-0.05, 0) is 35.6 Å². The number of benzene rings is 1. The Morgan fingerprint density at radius 1 is 1.11 bits per heavy atom. The molecule has 2 rings (SSSR count). The van der Waals surface area contributed by atoms with E-state index >= 15 is 0 Å². The number of hydrogen-bond acceptors (Lipinski definition) is 3. The van der Waals surface area contributed by atoms with E-state index in [0.29, 0.717) is 12.1 Å². The number of nitrogens with one attached hydrogen (secondary N) is 3. The third kappa shape index (κ3) is 6.68. The number of carbonyl (C=O) groups is 1. The van der Waals surface area contributed by atoms with Crippen LogP contribution in [0.4, 0.5) is 0 Å². The second-order valence-electron chi connectivity index (χ2n) is 7.45. The van der Waals surface area contributed by atoms with Gasteiger partial charge in [0.25, 0.3) is 5.91 Å². The summed E-state index contributed by atoms with van der Waals surface area (Å²) in [6, 6.07) is 11.9. The Balaban J connectivity index is 1.82. The fourth-order valence-electron chi connectivity index (χ4n) is 2.72. The number of rotatable bonds is 9. The van der Waals surface area contributed by atoms with Gasteiger partial charge in [0, 0.05) is 42.5 Å². The molecular weight excluding hydrogens is 368 g/mol. The fourth-order valence-corrected chi connectivity index (χ4v) is 3.57.